The molecule has 0 aromatic carbocycles. The summed E-state index contributed by atoms with van der Waals surface area (Å²) in [4.78, 5) is 14.0. The highest BCUT2D eigenvalue weighted by molar-refractivity contribution is 7.91. The molecule has 2 rings (SSSR count). The zero-order valence-corrected chi connectivity index (χ0v) is 14.6. The first kappa shape index (κ1) is 17.5. The summed E-state index contributed by atoms with van der Waals surface area (Å²) in [6.45, 7) is 6.94. The number of hydrogen-bond donors (Lipinski definition) is 1. The maximum atomic E-state index is 12.2. The van der Waals surface area contributed by atoms with Crippen molar-refractivity contribution < 1.29 is 17.9 Å². The van der Waals surface area contributed by atoms with Gasteiger partial charge in [-0.05, 0) is 46.5 Å². The van der Waals surface area contributed by atoms with Crippen molar-refractivity contribution in [3.8, 4) is 0 Å². The topological polar surface area (TPSA) is 75.7 Å². The van der Waals surface area contributed by atoms with Crippen molar-refractivity contribution in [3.05, 3.63) is 0 Å². The second-order valence-corrected chi connectivity index (χ2v) is 9.56. The molecule has 128 valence electrons. The first-order valence-corrected chi connectivity index (χ1v) is 9.92. The van der Waals surface area contributed by atoms with Crippen LogP contribution in [0.4, 0.5) is 4.79 Å². The third-order valence-electron chi connectivity index (χ3n) is 4.11. The van der Waals surface area contributed by atoms with Gasteiger partial charge in [0.2, 0.25) is 0 Å². The lowest BCUT2D eigenvalue weighted by molar-refractivity contribution is 0.0225. The van der Waals surface area contributed by atoms with Crippen LogP contribution in [0.5, 0.6) is 0 Å². The smallest absolute Gasteiger partial charge is 0.410 e. The highest BCUT2D eigenvalue weighted by Gasteiger charge is 2.33. The summed E-state index contributed by atoms with van der Waals surface area (Å²) in [5.41, 5.74) is -0.491. The summed E-state index contributed by atoms with van der Waals surface area (Å²) in [6, 6.07) is 0.110. The van der Waals surface area contributed by atoms with E-state index in [1.54, 1.807) is 4.90 Å². The predicted octanol–water partition coefficient (Wildman–Crippen LogP) is 1.55. The molecule has 2 aliphatic rings. The molecule has 22 heavy (non-hydrogen) atoms. The Morgan fingerprint density at radius 2 is 2.00 bits per heavy atom. The first-order chi connectivity index (χ1) is 10.2. The lowest BCUT2D eigenvalue weighted by Crippen LogP contribution is -2.48. The molecule has 0 aliphatic carbocycles. The van der Waals surface area contributed by atoms with Crippen LogP contribution in [0.1, 0.15) is 46.5 Å². The van der Waals surface area contributed by atoms with Gasteiger partial charge in [-0.25, -0.2) is 13.2 Å². The molecule has 1 N–H and O–H groups in total. The number of hydrogen-bond acceptors (Lipinski definition) is 5. The zero-order chi connectivity index (χ0) is 16.4. The van der Waals surface area contributed by atoms with Gasteiger partial charge < -0.3 is 15.0 Å². The van der Waals surface area contributed by atoms with Crippen LogP contribution in [0, 0.1) is 0 Å². The van der Waals surface area contributed by atoms with Gasteiger partial charge >= 0.3 is 6.09 Å². The molecule has 7 heteroatoms. The van der Waals surface area contributed by atoms with Gasteiger partial charge in [-0.2, -0.15) is 0 Å². The van der Waals surface area contributed by atoms with E-state index in [2.05, 4.69) is 5.32 Å². The minimum atomic E-state index is -2.90. The summed E-state index contributed by atoms with van der Waals surface area (Å²) in [5, 5.41) is 3.34. The lowest BCUT2D eigenvalue weighted by Gasteiger charge is -2.30. The van der Waals surface area contributed by atoms with E-state index in [1.165, 1.54) is 0 Å². The third-order valence-corrected chi connectivity index (χ3v) is 5.93. The molecule has 0 aromatic rings. The van der Waals surface area contributed by atoms with E-state index < -0.39 is 15.4 Å². The van der Waals surface area contributed by atoms with Gasteiger partial charge in [0.05, 0.1) is 11.5 Å². The number of likely N-dealkylation sites (tertiary alicyclic amines) is 1. The molecular formula is C15H28N2O4S. The van der Waals surface area contributed by atoms with Crippen molar-refractivity contribution in [2.75, 3.05) is 24.6 Å². The molecule has 2 fully saturated rings. The van der Waals surface area contributed by atoms with Gasteiger partial charge in [-0.1, -0.05) is 0 Å². The molecule has 2 heterocycles. The largest absolute Gasteiger partial charge is 0.444 e. The Morgan fingerprint density at radius 1 is 1.27 bits per heavy atom. The molecule has 2 saturated heterocycles. The lowest BCUT2D eigenvalue weighted by atomic mass is 10.1. The van der Waals surface area contributed by atoms with E-state index in [1.807, 2.05) is 20.8 Å². The summed E-state index contributed by atoms with van der Waals surface area (Å²) in [6.07, 6.45) is 3.24. The minimum absolute atomic E-state index is 0.0137. The highest BCUT2D eigenvalue weighted by Crippen LogP contribution is 2.21. The molecule has 0 bridgehead atoms. The second-order valence-electron chi connectivity index (χ2n) is 7.33. The molecule has 6 nitrogen and oxygen atoms in total. The average molecular weight is 332 g/mol. The van der Waals surface area contributed by atoms with Crippen LogP contribution in [-0.2, 0) is 14.6 Å². The molecule has 0 radical (unpaired) electrons. The zero-order valence-electron chi connectivity index (χ0n) is 13.8. The SMILES string of the molecule is CC(C)(C)OC(=O)N1CCCC1CNC1CCCS(=O)(=O)C1. The number of ether oxygens (including phenoxy) is 1. The quantitative estimate of drug-likeness (QED) is 0.849. The van der Waals surface area contributed by atoms with Gasteiger partial charge in [0, 0.05) is 25.2 Å². The molecule has 2 atom stereocenters. The first-order valence-electron chi connectivity index (χ1n) is 8.10. The molecule has 2 aliphatic heterocycles. The summed E-state index contributed by atoms with van der Waals surface area (Å²) in [5.74, 6) is 0.519. The molecule has 0 aromatic heterocycles. The van der Waals surface area contributed by atoms with E-state index in [0.717, 1.165) is 25.7 Å². The monoisotopic (exact) mass is 332 g/mol. The Balaban J connectivity index is 1.85. The molecular weight excluding hydrogens is 304 g/mol. The van der Waals surface area contributed by atoms with Crippen LogP contribution in [0.25, 0.3) is 0 Å². The maximum absolute atomic E-state index is 12.2. The van der Waals surface area contributed by atoms with E-state index in [-0.39, 0.29) is 23.9 Å². The van der Waals surface area contributed by atoms with Crippen molar-refractivity contribution in [1.29, 1.82) is 0 Å². The summed E-state index contributed by atoms with van der Waals surface area (Å²) >= 11 is 0. The molecule has 1 amide bonds. The molecule has 2 unspecified atom stereocenters. The normalized spacial score (nSPS) is 28.6. The highest BCUT2D eigenvalue weighted by atomic mass is 32.2. The van der Waals surface area contributed by atoms with Crippen LogP contribution >= 0.6 is 0 Å². The van der Waals surface area contributed by atoms with Gasteiger partial charge in [0.1, 0.15) is 5.60 Å². The Kier molecular flexibility index (Phi) is 5.37. The number of rotatable bonds is 3. The minimum Gasteiger partial charge on any atom is -0.444 e. The third kappa shape index (κ3) is 5.12. The Morgan fingerprint density at radius 3 is 2.64 bits per heavy atom. The van der Waals surface area contributed by atoms with E-state index in [0.29, 0.717) is 18.8 Å². The predicted molar refractivity (Wildman–Crippen MR) is 85.6 cm³/mol. The number of sulfone groups is 1. The van der Waals surface area contributed by atoms with Gasteiger partial charge in [0.25, 0.3) is 0 Å². The molecule has 0 spiro atoms. The summed E-state index contributed by atoms with van der Waals surface area (Å²) in [7, 11) is -2.90. The van der Waals surface area contributed by atoms with E-state index in [9.17, 15) is 13.2 Å². The Hall–Kier alpha value is -0.820. The maximum Gasteiger partial charge on any atom is 0.410 e. The Bertz CT molecular complexity index is 498. The van der Waals surface area contributed by atoms with Crippen LogP contribution in [0.2, 0.25) is 0 Å². The van der Waals surface area contributed by atoms with Crippen LogP contribution < -0.4 is 5.32 Å². The van der Waals surface area contributed by atoms with Crippen LogP contribution in [0.15, 0.2) is 0 Å². The van der Waals surface area contributed by atoms with Crippen molar-refractivity contribution in [1.82, 2.24) is 10.2 Å². The van der Waals surface area contributed by atoms with Crippen molar-refractivity contribution in [2.24, 2.45) is 0 Å². The average Bonchev–Trinajstić information content (AvgIpc) is 2.81. The second kappa shape index (κ2) is 6.74. The Labute approximate surface area is 133 Å². The summed E-state index contributed by atoms with van der Waals surface area (Å²) < 4.78 is 28.8. The standard InChI is InChI=1S/C15H28N2O4S/c1-15(2,3)21-14(18)17-8-4-7-13(17)10-16-12-6-5-9-22(19,20)11-12/h12-13,16H,4-11H2,1-3H3. The van der Waals surface area contributed by atoms with E-state index in [4.69, 9.17) is 4.74 Å². The fraction of sp³-hybridized carbons (Fsp3) is 0.933. The van der Waals surface area contributed by atoms with Crippen molar-refractivity contribution in [3.63, 3.8) is 0 Å². The fourth-order valence-corrected chi connectivity index (χ4v) is 4.77. The number of carbonyl (C=O) groups is 1. The van der Waals surface area contributed by atoms with E-state index >= 15 is 0 Å². The number of nitrogens with one attached hydrogen (secondary N) is 1. The van der Waals surface area contributed by atoms with Gasteiger partial charge in [-0.15, -0.1) is 0 Å². The number of carbonyl (C=O) groups excluding carboxylic acids is 1. The number of nitrogens with zero attached hydrogens (tertiary/aromatic N) is 1. The fourth-order valence-electron chi connectivity index (χ4n) is 3.10. The molecule has 0 saturated carbocycles. The van der Waals surface area contributed by atoms with Gasteiger partial charge in [0.15, 0.2) is 9.84 Å². The van der Waals surface area contributed by atoms with Crippen LogP contribution in [0.3, 0.4) is 0 Å². The van der Waals surface area contributed by atoms with Crippen molar-refractivity contribution in [2.45, 2.75) is 64.1 Å². The van der Waals surface area contributed by atoms with Gasteiger partial charge in [-0.3, -0.25) is 0 Å². The number of amides is 1. The van der Waals surface area contributed by atoms with Crippen molar-refractivity contribution >= 4 is 15.9 Å². The van der Waals surface area contributed by atoms with Crippen LogP contribution in [-0.4, -0.2) is 61.7 Å².